The molecule has 2 saturated carbocycles. The SMILES string of the molecule is NC1(COCC(F)(F)F)C2CCCC21. The maximum atomic E-state index is 11.8. The molecule has 0 spiro atoms. The van der Waals surface area contributed by atoms with E-state index in [2.05, 4.69) is 4.74 Å². The molecule has 2 rings (SSSR count). The van der Waals surface area contributed by atoms with Crippen molar-refractivity contribution in [2.45, 2.75) is 31.0 Å². The second kappa shape index (κ2) is 3.10. The number of ether oxygens (including phenoxy) is 1. The molecular weight excluding hydrogens is 195 g/mol. The summed E-state index contributed by atoms with van der Waals surface area (Å²) in [5.74, 6) is 0.825. The molecule has 2 N–H and O–H groups in total. The number of rotatable bonds is 3. The Hall–Kier alpha value is -0.290. The Morgan fingerprint density at radius 2 is 1.86 bits per heavy atom. The topological polar surface area (TPSA) is 35.2 Å². The van der Waals surface area contributed by atoms with Gasteiger partial charge in [-0.2, -0.15) is 13.2 Å². The van der Waals surface area contributed by atoms with Crippen molar-refractivity contribution < 1.29 is 17.9 Å². The van der Waals surface area contributed by atoms with Gasteiger partial charge in [-0.15, -0.1) is 0 Å². The fraction of sp³-hybridized carbons (Fsp3) is 1.00. The molecule has 82 valence electrons. The molecule has 2 aliphatic rings. The molecule has 2 nitrogen and oxygen atoms in total. The molecule has 0 radical (unpaired) electrons. The van der Waals surface area contributed by atoms with Crippen LogP contribution in [0.4, 0.5) is 13.2 Å². The maximum Gasteiger partial charge on any atom is 0.411 e. The Morgan fingerprint density at radius 3 is 2.36 bits per heavy atom. The lowest BCUT2D eigenvalue weighted by Gasteiger charge is -2.16. The van der Waals surface area contributed by atoms with Gasteiger partial charge < -0.3 is 10.5 Å². The quantitative estimate of drug-likeness (QED) is 0.767. The molecule has 0 aromatic carbocycles. The van der Waals surface area contributed by atoms with E-state index in [4.69, 9.17) is 5.73 Å². The van der Waals surface area contributed by atoms with Crippen molar-refractivity contribution in [2.24, 2.45) is 17.6 Å². The van der Waals surface area contributed by atoms with Crippen LogP contribution in [-0.4, -0.2) is 24.9 Å². The van der Waals surface area contributed by atoms with Gasteiger partial charge >= 0.3 is 6.18 Å². The van der Waals surface area contributed by atoms with Crippen LogP contribution >= 0.6 is 0 Å². The van der Waals surface area contributed by atoms with E-state index in [1.54, 1.807) is 0 Å². The largest absolute Gasteiger partial charge is 0.411 e. The third-order valence-electron chi connectivity index (χ3n) is 3.41. The van der Waals surface area contributed by atoms with Crippen LogP contribution in [0.5, 0.6) is 0 Å². The summed E-state index contributed by atoms with van der Waals surface area (Å²) in [6.45, 7) is -1.12. The summed E-state index contributed by atoms with van der Waals surface area (Å²) in [4.78, 5) is 0. The molecule has 14 heavy (non-hydrogen) atoms. The molecule has 0 amide bonds. The van der Waals surface area contributed by atoms with Crippen molar-refractivity contribution >= 4 is 0 Å². The van der Waals surface area contributed by atoms with Crippen molar-refractivity contribution in [2.75, 3.05) is 13.2 Å². The zero-order valence-electron chi connectivity index (χ0n) is 7.81. The van der Waals surface area contributed by atoms with Crippen LogP contribution in [0, 0.1) is 11.8 Å². The highest BCUT2D eigenvalue weighted by Gasteiger charge is 2.63. The summed E-state index contributed by atoms with van der Waals surface area (Å²) < 4.78 is 39.9. The molecule has 0 saturated heterocycles. The van der Waals surface area contributed by atoms with Gasteiger partial charge in [0.1, 0.15) is 6.61 Å². The zero-order valence-corrected chi connectivity index (χ0v) is 7.81. The van der Waals surface area contributed by atoms with Crippen molar-refractivity contribution in [3.63, 3.8) is 0 Å². The van der Waals surface area contributed by atoms with E-state index in [1.807, 2.05) is 0 Å². The summed E-state index contributed by atoms with van der Waals surface area (Å²) in [7, 11) is 0. The fourth-order valence-corrected chi connectivity index (χ4v) is 2.68. The Morgan fingerprint density at radius 1 is 1.29 bits per heavy atom. The third kappa shape index (κ3) is 1.75. The van der Waals surface area contributed by atoms with Crippen molar-refractivity contribution in [1.82, 2.24) is 0 Å². The second-order valence-electron chi connectivity index (χ2n) is 4.36. The highest BCUT2D eigenvalue weighted by molar-refractivity contribution is 5.18. The highest BCUT2D eigenvalue weighted by atomic mass is 19.4. The lowest BCUT2D eigenvalue weighted by Crippen LogP contribution is -2.35. The van der Waals surface area contributed by atoms with E-state index >= 15 is 0 Å². The van der Waals surface area contributed by atoms with Crippen molar-refractivity contribution in [1.29, 1.82) is 0 Å². The molecule has 0 aromatic rings. The number of hydrogen-bond acceptors (Lipinski definition) is 2. The van der Waals surface area contributed by atoms with Crippen LogP contribution in [-0.2, 0) is 4.74 Å². The fourth-order valence-electron chi connectivity index (χ4n) is 2.68. The van der Waals surface area contributed by atoms with Gasteiger partial charge in [0.05, 0.1) is 6.61 Å². The third-order valence-corrected chi connectivity index (χ3v) is 3.41. The first kappa shape index (κ1) is 10.2. The Balaban J connectivity index is 1.72. The molecule has 2 unspecified atom stereocenters. The van der Waals surface area contributed by atoms with Gasteiger partial charge in [0, 0.05) is 5.54 Å². The first-order valence-electron chi connectivity index (χ1n) is 4.87. The van der Waals surface area contributed by atoms with Crippen molar-refractivity contribution in [3.8, 4) is 0 Å². The van der Waals surface area contributed by atoms with Gasteiger partial charge in [-0.3, -0.25) is 0 Å². The summed E-state index contributed by atoms with van der Waals surface area (Å²) in [5, 5.41) is 0. The summed E-state index contributed by atoms with van der Waals surface area (Å²) in [5.41, 5.74) is 5.49. The second-order valence-corrected chi connectivity index (χ2v) is 4.36. The number of nitrogens with two attached hydrogens (primary N) is 1. The Labute approximate surface area is 80.6 Å². The average Bonchev–Trinajstić information content (AvgIpc) is 2.48. The van der Waals surface area contributed by atoms with E-state index in [-0.39, 0.29) is 6.61 Å². The lowest BCUT2D eigenvalue weighted by atomic mass is 10.1. The van der Waals surface area contributed by atoms with Crippen LogP contribution in [0.25, 0.3) is 0 Å². The molecule has 0 bridgehead atoms. The van der Waals surface area contributed by atoms with Gasteiger partial charge in [-0.25, -0.2) is 0 Å². The molecule has 0 heterocycles. The number of hydrogen-bond donors (Lipinski definition) is 1. The molecule has 0 aromatic heterocycles. The summed E-state index contributed by atoms with van der Waals surface area (Å²) in [6.07, 6.45) is -0.971. The monoisotopic (exact) mass is 209 g/mol. The van der Waals surface area contributed by atoms with Crippen LogP contribution in [0.15, 0.2) is 0 Å². The number of alkyl halides is 3. The highest BCUT2D eigenvalue weighted by Crippen LogP contribution is 2.59. The van der Waals surface area contributed by atoms with Crippen LogP contribution < -0.4 is 5.73 Å². The molecule has 5 heteroatoms. The smallest absolute Gasteiger partial charge is 0.370 e. The lowest BCUT2D eigenvalue weighted by molar-refractivity contribution is -0.175. The first-order valence-corrected chi connectivity index (χ1v) is 4.87. The van der Waals surface area contributed by atoms with Crippen LogP contribution in [0.1, 0.15) is 19.3 Å². The van der Waals surface area contributed by atoms with Crippen molar-refractivity contribution in [3.05, 3.63) is 0 Å². The van der Waals surface area contributed by atoms with Gasteiger partial charge in [-0.1, -0.05) is 6.42 Å². The van der Waals surface area contributed by atoms with E-state index in [1.165, 1.54) is 0 Å². The minimum Gasteiger partial charge on any atom is -0.370 e. The summed E-state index contributed by atoms with van der Waals surface area (Å²) >= 11 is 0. The van der Waals surface area contributed by atoms with Crippen LogP contribution in [0.3, 0.4) is 0 Å². The van der Waals surface area contributed by atoms with Gasteiger partial charge in [-0.05, 0) is 24.7 Å². The van der Waals surface area contributed by atoms with E-state index in [0.29, 0.717) is 11.8 Å². The van der Waals surface area contributed by atoms with Gasteiger partial charge in [0.2, 0.25) is 0 Å². The maximum absolute atomic E-state index is 11.8. The molecular formula is C9H14F3NO. The Kier molecular flexibility index (Phi) is 2.27. The summed E-state index contributed by atoms with van der Waals surface area (Å²) in [6, 6.07) is 0. The van der Waals surface area contributed by atoms with E-state index in [9.17, 15) is 13.2 Å². The van der Waals surface area contributed by atoms with Gasteiger partial charge in [0.25, 0.3) is 0 Å². The van der Waals surface area contributed by atoms with E-state index in [0.717, 1.165) is 19.3 Å². The molecule has 2 aliphatic carbocycles. The molecule has 2 atom stereocenters. The Bertz CT molecular complexity index is 219. The molecule has 0 aliphatic heterocycles. The predicted molar refractivity (Wildman–Crippen MR) is 44.6 cm³/mol. The molecule has 2 fully saturated rings. The predicted octanol–water partition coefficient (Wildman–Crippen LogP) is 1.69. The average molecular weight is 209 g/mol. The number of halogens is 3. The minimum atomic E-state index is -4.24. The van der Waals surface area contributed by atoms with Crippen LogP contribution in [0.2, 0.25) is 0 Å². The van der Waals surface area contributed by atoms with Gasteiger partial charge in [0.15, 0.2) is 0 Å². The zero-order chi connectivity index (χ0) is 10.4. The normalized spacial score (nSPS) is 41.1. The first-order chi connectivity index (χ1) is 6.43. The minimum absolute atomic E-state index is 0.0574. The standard InChI is InChI=1S/C9H14F3NO/c10-9(11,12)5-14-4-8(13)6-2-1-3-7(6)8/h6-7H,1-5,13H2. The number of fused-ring (bicyclic) bond motifs is 1. The van der Waals surface area contributed by atoms with E-state index < -0.39 is 18.3 Å².